The summed E-state index contributed by atoms with van der Waals surface area (Å²) in [4.78, 5) is 23.1. The number of amides is 1. The topological polar surface area (TPSA) is 107 Å². The van der Waals surface area contributed by atoms with Gasteiger partial charge in [-0.3, -0.25) is 9.59 Å². The van der Waals surface area contributed by atoms with E-state index in [0.717, 1.165) is 11.8 Å². The molecule has 0 aromatic heterocycles. The maximum Gasteiger partial charge on any atom is 0.216 e. The van der Waals surface area contributed by atoms with Gasteiger partial charge in [0.2, 0.25) is 5.91 Å². The largest absolute Gasteiger partial charge is 0.393 e. The van der Waals surface area contributed by atoms with Gasteiger partial charge in [0.1, 0.15) is 0 Å². The predicted molar refractivity (Wildman–Crippen MR) is 115 cm³/mol. The Hall–Kier alpha value is -0.890. The monoisotopic (exact) mass is 417 g/mol. The molecule has 0 radical (unpaired) electrons. The van der Waals surface area contributed by atoms with Gasteiger partial charge in [0.15, 0.2) is 5.12 Å². The fourth-order valence-corrected chi connectivity index (χ4v) is 3.79. The molecule has 0 aliphatic carbocycles. The van der Waals surface area contributed by atoms with Crippen molar-refractivity contribution in [3.63, 3.8) is 0 Å². The molecule has 0 aromatic carbocycles. The van der Waals surface area contributed by atoms with Crippen molar-refractivity contribution in [2.45, 2.75) is 72.7 Å². The van der Waals surface area contributed by atoms with Crippen molar-refractivity contribution < 1.29 is 24.9 Å². The molecular weight excluding hydrogens is 378 g/mol. The number of carbonyl (C=O) groups is 2. The van der Waals surface area contributed by atoms with Crippen molar-refractivity contribution in [3.8, 4) is 0 Å². The lowest BCUT2D eigenvalue weighted by Crippen LogP contribution is -2.33. The number of hydrogen-bond acceptors (Lipinski definition) is 6. The minimum Gasteiger partial charge on any atom is -0.393 e. The van der Waals surface area contributed by atoms with E-state index in [2.05, 4.69) is 5.32 Å². The molecular formula is C21H39NO5S. The molecule has 0 saturated heterocycles. The van der Waals surface area contributed by atoms with Gasteiger partial charge in [0.25, 0.3) is 0 Å². The van der Waals surface area contributed by atoms with Crippen LogP contribution in [0.15, 0.2) is 12.2 Å². The summed E-state index contributed by atoms with van der Waals surface area (Å²) in [6, 6.07) is 0. The van der Waals surface area contributed by atoms with Crippen LogP contribution in [0.5, 0.6) is 0 Å². The Balaban J connectivity index is 4.49. The van der Waals surface area contributed by atoms with E-state index in [1.807, 2.05) is 33.8 Å². The molecule has 28 heavy (non-hydrogen) atoms. The van der Waals surface area contributed by atoms with Gasteiger partial charge in [0, 0.05) is 25.1 Å². The highest BCUT2D eigenvalue weighted by molar-refractivity contribution is 8.13. The fourth-order valence-electron chi connectivity index (χ4n) is 2.99. The van der Waals surface area contributed by atoms with Crippen molar-refractivity contribution in [2.75, 3.05) is 12.3 Å². The van der Waals surface area contributed by atoms with Crippen LogP contribution in [0.3, 0.4) is 0 Å². The Morgan fingerprint density at radius 2 is 1.64 bits per heavy atom. The van der Waals surface area contributed by atoms with Gasteiger partial charge >= 0.3 is 0 Å². The third-order valence-electron chi connectivity index (χ3n) is 5.15. The average molecular weight is 418 g/mol. The van der Waals surface area contributed by atoms with E-state index in [1.165, 1.54) is 6.92 Å². The normalized spacial score (nSPS) is 19.5. The highest BCUT2D eigenvalue weighted by atomic mass is 32.2. The molecule has 6 nitrogen and oxygen atoms in total. The Kier molecular flexibility index (Phi) is 13.7. The van der Waals surface area contributed by atoms with Crippen molar-refractivity contribution in [1.82, 2.24) is 5.32 Å². The number of aliphatic hydroxyl groups is 3. The Labute approximate surface area is 174 Å². The lowest BCUT2D eigenvalue weighted by Gasteiger charge is -2.27. The predicted octanol–water partition coefficient (Wildman–Crippen LogP) is 2.37. The van der Waals surface area contributed by atoms with Gasteiger partial charge in [-0.15, -0.1) is 0 Å². The van der Waals surface area contributed by atoms with Crippen LogP contribution in [0, 0.1) is 23.7 Å². The molecule has 0 aliphatic rings. The first-order valence-corrected chi connectivity index (χ1v) is 11.1. The lowest BCUT2D eigenvalue weighted by atomic mass is 9.85. The Morgan fingerprint density at radius 1 is 1.04 bits per heavy atom. The summed E-state index contributed by atoms with van der Waals surface area (Å²) < 4.78 is 0. The van der Waals surface area contributed by atoms with E-state index in [0.29, 0.717) is 25.1 Å². The van der Waals surface area contributed by atoms with Crippen molar-refractivity contribution in [2.24, 2.45) is 23.7 Å². The van der Waals surface area contributed by atoms with Crippen LogP contribution in [0.1, 0.15) is 54.4 Å². The van der Waals surface area contributed by atoms with Crippen LogP contribution in [0.2, 0.25) is 0 Å². The fraction of sp³-hybridized carbons (Fsp3) is 0.810. The number of aliphatic hydroxyl groups excluding tert-OH is 3. The van der Waals surface area contributed by atoms with Crippen LogP contribution in [-0.4, -0.2) is 57.0 Å². The first-order valence-electron chi connectivity index (χ1n) is 10.1. The molecule has 7 atom stereocenters. The van der Waals surface area contributed by atoms with Crippen LogP contribution in [-0.2, 0) is 9.59 Å². The lowest BCUT2D eigenvalue weighted by molar-refractivity contribution is -0.119. The van der Waals surface area contributed by atoms with E-state index in [4.69, 9.17) is 0 Å². The molecule has 0 bridgehead atoms. The highest BCUT2D eigenvalue weighted by Crippen LogP contribution is 2.26. The SMILES string of the molecule is CC[C@@H](O)[C@H](C)/C=C/C(O)[C@H](C)C[C@H](C)[C@H](O)[C@@H](C)C(=O)SCCNC(C)=O. The zero-order valence-electron chi connectivity index (χ0n) is 18.1. The molecule has 0 spiro atoms. The van der Waals surface area contributed by atoms with Gasteiger partial charge < -0.3 is 20.6 Å². The summed E-state index contributed by atoms with van der Waals surface area (Å²) in [6.45, 7) is 11.2. The minimum absolute atomic E-state index is 0.0259. The van der Waals surface area contributed by atoms with Crippen LogP contribution in [0.4, 0.5) is 0 Å². The summed E-state index contributed by atoms with van der Waals surface area (Å²) in [5.74, 6) is -0.423. The second-order valence-corrected chi connectivity index (χ2v) is 8.93. The van der Waals surface area contributed by atoms with Crippen LogP contribution >= 0.6 is 11.8 Å². The molecule has 0 heterocycles. The number of nitrogens with one attached hydrogen (secondary N) is 1. The standard InChI is InChI=1S/C21H39NO5S/c1-7-18(24)13(2)8-9-19(25)14(3)12-15(4)20(26)16(5)21(27)28-11-10-22-17(6)23/h8-9,13-16,18-20,24-26H,7,10-12H2,1-6H3,(H,22,23)/b9-8+/t13-,14-,15+,16-,18-,19?,20+/m1/s1. The molecule has 0 aromatic rings. The molecule has 164 valence electrons. The maximum absolute atomic E-state index is 12.2. The Morgan fingerprint density at radius 3 is 2.18 bits per heavy atom. The van der Waals surface area contributed by atoms with E-state index in [-0.39, 0.29) is 28.8 Å². The van der Waals surface area contributed by atoms with Crippen LogP contribution in [0.25, 0.3) is 0 Å². The number of thioether (sulfide) groups is 1. The van der Waals surface area contributed by atoms with Crippen LogP contribution < -0.4 is 5.32 Å². The molecule has 0 aliphatic heterocycles. The number of rotatable bonds is 13. The molecule has 0 fully saturated rings. The van der Waals surface area contributed by atoms with Gasteiger partial charge in [0.05, 0.1) is 24.2 Å². The van der Waals surface area contributed by atoms with Gasteiger partial charge in [-0.05, 0) is 24.7 Å². The Bertz CT molecular complexity index is 499. The van der Waals surface area contributed by atoms with E-state index in [9.17, 15) is 24.9 Å². The van der Waals surface area contributed by atoms with Crippen molar-refractivity contribution >= 4 is 22.8 Å². The summed E-state index contributed by atoms with van der Waals surface area (Å²) in [5, 5.41) is 33.2. The molecule has 0 rings (SSSR count). The minimum atomic E-state index is -0.791. The van der Waals surface area contributed by atoms with Gasteiger partial charge in [-0.2, -0.15) is 0 Å². The maximum atomic E-state index is 12.2. The first-order chi connectivity index (χ1) is 13.0. The third kappa shape index (κ3) is 10.6. The zero-order valence-corrected chi connectivity index (χ0v) is 18.9. The first kappa shape index (κ1) is 27.1. The quantitative estimate of drug-likeness (QED) is 0.271. The molecule has 4 N–H and O–H groups in total. The molecule has 0 saturated carbocycles. The summed E-state index contributed by atoms with van der Waals surface area (Å²) in [7, 11) is 0. The van der Waals surface area contributed by atoms with Crippen molar-refractivity contribution in [3.05, 3.63) is 12.2 Å². The van der Waals surface area contributed by atoms with E-state index >= 15 is 0 Å². The second kappa shape index (κ2) is 14.1. The third-order valence-corrected chi connectivity index (χ3v) is 6.22. The average Bonchev–Trinajstić information content (AvgIpc) is 2.66. The molecule has 1 unspecified atom stereocenters. The summed E-state index contributed by atoms with van der Waals surface area (Å²) >= 11 is 1.12. The molecule has 7 heteroatoms. The summed E-state index contributed by atoms with van der Waals surface area (Å²) in [6.07, 6.45) is 2.89. The second-order valence-electron chi connectivity index (χ2n) is 7.83. The number of hydrogen-bond donors (Lipinski definition) is 4. The number of carbonyl (C=O) groups excluding carboxylic acids is 2. The smallest absolute Gasteiger partial charge is 0.216 e. The van der Waals surface area contributed by atoms with E-state index in [1.54, 1.807) is 13.0 Å². The van der Waals surface area contributed by atoms with E-state index < -0.39 is 24.2 Å². The highest BCUT2D eigenvalue weighted by Gasteiger charge is 2.29. The zero-order chi connectivity index (χ0) is 21.9. The van der Waals surface area contributed by atoms with Gasteiger partial charge in [-0.25, -0.2) is 0 Å². The van der Waals surface area contributed by atoms with Crippen molar-refractivity contribution in [1.29, 1.82) is 0 Å². The molecule has 1 amide bonds. The van der Waals surface area contributed by atoms with Gasteiger partial charge in [-0.1, -0.05) is 58.5 Å². The summed E-state index contributed by atoms with van der Waals surface area (Å²) in [5.41, 5.74) is 0.